The summed E-state index contributed by atoms with van der Waals surface area (Å²) in [5.41, 5.74) is 0.962. The third kappa shape index (κ3) is 5.92. The first kappa shape index (κ1) is 13.5. The van der Waals surface area contributed by atoms with Crippen LogP contribution in [-0.2, 0) is 9.47 Å². The molecule has 0 bridgehead atoms. The molecule has 0 unspecified atom stereocenters. The van der Waals surface area contributed by atoms with E-state index in [-0.39, 0.29) is 6.04 Å². The maximum atomic E-state index is 5.51. The molecule has 17 heavy (non-hydrogen) atoms. The van der Waals surface area contributed by atoms with E-state index >= 15 is 0 Å². The number of nitrogens with one attached hydrogen (secondary N) is 1. The first-order valence-corrected chi connectivity index (χ1v) is 5.74. The number of hydrogen-bond donors (Lipinski definition) is 1. The molecule has 4 heteroatoms. The predicted octanol–water partition coefficient (Wildman–Crippen LogP) is 2.53. The van der Waals surface area contributed by atoms with Crippen molar-refractivity contribution < 1.29 is 9.47 Å². The molecular weight excluding hydrogens is 216 g/mol. The van der Waals surface area contributed by atoms with Crippen LogP contribution in [-0.4, -0.2) is 32.4 Å². The molecule has 0 heterocycles. The predicted molar refractivity (Wildman–Crippen MR) is 70.5 cm³/mol. The molecule has 94 valence electrons. The van der Waals surface area contributed by atoms with Crippen LogP contribution in [0.2, 0.25) is 0 Å². The number of nitrogens with zero attached hydrogens (tertiary/aromatic N) is 1. The van der Waals surface area contributed by atoms with E-state index in [9.17, 15) is 0 Å². The molecule has 0 aliphatic heterocycles. The summed E-state index contributed by atoms with van der Waals surface area (Å²) in [6, 6.07) is 10.5. The Morgan fingerprint density at radius 1 is 1.24 bits per heavy atom. The Balaban J connectivity index is 2.58. The summed E-state index contributed by atoms with van der Waals surface area (Å²) < 4.78 is 10.5. The van der Waals surface area contributed by atoms with Crippen molar-refractivity contribution in [1.29, 1.82) is 0 Å². The van der Waals surface area contributed by atoms with Crippen LogP contribution in [0, 0.1) is 0 Å². The minimum Gasteiger partial charge on any atom is -0.463 e. The zero-order chi connectivity index (χ0) is 12.5. The minimum absolute atomic E-state index is 0.184. The van der Waals surface area contributed by atoms with Gasteiger partial charge in [0.25, 0.3) is 6.02 Å². The molecule has 0 aromatic heterocycles. The lowest BCUT2D eigenvalue weighted by Gasteiger charge is -2.12. The first-order valence-electron chi connectivity index (χ1n) is 5.74. The number of amidine groups is 1. The maximum absolute atomic E-state index is 5.51. The molecule has 1 aromatic carbocycles. The Kier molecular flexibility index (Phi) is 6.10. The lowest BCUT2D eigenvalue weighted by molar-refractivity contribution is 0.140. The number of methoxy groups -OCH3 is 1. The summed E-state index contributed by atoms with van der Waals surface area (Å²) in [5, 5.41) is 3.14. The third-order valence-electron chi connectivity index (χ3n) is 1.93. The van der Waals surface area contributed by atoms with Crippen molar-refractivity contribution in [3.8, 4) is 0 Å². The van der Waals surface area contributed by atoms with Gasteiger partial charge in [0, 0.05) is 18.8 Å². The van der Waals surface area contributed by atoms with Crippen LogP contribution in [0.25, 0.3) is 0 Å². The van der Waals surface area contributed by atoms with Gasteiger partial charge in [0.1, 0.15) is 6.61 Å². The lowest BCUT2D eigenvalue weighted by Crippen LogP contribution is -2.20. The van der Waals surface area contributed by atoms with E-state index in [1.807, 2.05) is 44.2 Å². The molecule has 0 atom stereocenters. The number of ether oxygens (including phenoxy) is 2. The molecule has 1 N–H and O–H groups in total. The number of hydrogen-bond acceptors (Lipinski definition) is 3. The van der Waals surface area contributed by atoms with Crippen molar-refractivity contribution in [1.82, 2.24) is 0 Å². The minimum atomic E-state index is 0.184. The molecule has 0 saturated carbocycles. The summed E-state index contributed by atoms with van der Waals surface area (Å²) in [4.78, 5) is 4.37. The summed E-state index contributed by atoms with van der Waals surface area (Å²) >= 11 is 0. The third-order valence-corrected chi connectivity index (χ3v) is 1.93. The Morgan fingerprint density at radius 2 is 1.94 bits per heavy atom. The zero-order valence-electron chi connectivity index (χ0n) is 10.6. The van der Waals surface area contributed by atoms with Gasteiger partial charge in [0.05, 0.1) is 6.61 Å². The number of anilines is 1. The standard InChI is InChI=1S/C13H20N2O2/c1-11(2)14-13(17-10-9-16-3)15-12-7-5-4-6-8-12/h4-8,11H,9-10H2,1-3H3,(H,14,15). The number of rotatable bonds is 5. The van der Waals surface area contributed by atoms with Crippen LogP contribution in [0.3, 0.4) is 0 Å². The van der Waals surface area contributed by atoms with Crippen molar-refractivity contribution in [2.75, 3.05) is 25.6 Å². The van der Waals surface area contributed by atoms with Gasteiger partial charge >= 0.3 is 0 Å². The SMILES string of the molecule is COCCOC(=NC(C)C)Nc1ccccc1. The van der Waals surface area contributed by atoms with E-state index < -0.39 is 0 Å². The van der Waals surface area contributed by atoms with Crippen LogP contribution < -0.4 is 5.32 Å². The summed E-state index contributed by atoms with van der Waals surface area (Å²) in [6.07, 6.45) is 0. The molecule has 1 aromatic rings. The first-order chi connectivity index (χ1) is 8.22. The quantitative estimate of drug-likeness (QED) is 0.485. The van der Waals surface area contributed by atoms with Gasteiger partial charge in [-0.25, -0.2) is 4.99 Å². The summed E-state index contributed by atoms with van der Waals surface area (Å²) in [5.74, 6) is 0. The summed E-state index contributed by atoms with van der Waals surface area (Å²) in [7, 11) is 1.65. The molecule has 0 fully saturated rings. The van der Waals surface area contributed by atoms with Crippen molar-refractivity contribution in [3.05, 3.63) is 30.3 Å². The van der Waals surface area contributed by atoms with Crippen LogP contribution in [0.5, 0.6) is 0 Å². The van der Waals surface area contributed by atoms with Gasteiger partial charge in [-0.1, -0.05) is 18.2 Å². The molecule has 1 rings (SSSR count). The Morgan fingerprint density at radius 3 is 2.53 bits per heavy atom. The fraction of sp³-hybridized carbons (Fsp3) is 0.462. The van der Waals surface area contributed by atoms with E-state index in [0.29, 0.717) is 19.2 Å². The highest BCUT2D eigenvalue weighted by molar-refractivity contribution is 5.89. The van der Waals surface area contributed by atoms with Crippen LogP contribution in [0.1, 0.15) is 13.8 Å². The van der Waals surface area contributed by atoms with Gasteiger partial charge in [-0.15, -0.1) is 0 Å². The molecule has 4 nitrogen and oxygen atoms in total. The Bertz CT molecular complexity index is 337. The second kappa shape index (κ2) is 7.68. The smallest absolute Gasteiger partial charge is 0.289 e. The van der Waals surface area contributed by atoms with Crippen molar-refractivity contribution in [2.45, 2.75) is 19.9 Å². The van der Waals surface area contributed by atoms with Gasteiger partial charge in [0.2, 0.25) is 0 Å². The second-order valence-electron chi connectivity index (χ2n) is 3.86. The normalized spacial score (nSPS) is 11.6. The molecule has 0 aliphatic carbocycles. The molecular formula is C13H20N2O2. The summed E-state index contributed by atoms with van der Waals surface area (Å²) in [6.45, 7) is 5.05. The average Bonchev–Trinajstić information content (AvgIpc) is 2.30. The molecule has 0 saturated heterocycles. The Hall–Kier alpha value is -1.55. The van der Waals surface area contributed by atoms with E-state index in [0.717, 1.165) is 5.69 Å². The van der Waals surface area contributed by atoms with E-state index in [4.69, 9.17) is 9.47 Å². The fourth-order valence-corrected chi connectivity index (χ4v) is 1.21. The topological polar surface area (TPSA) is 42.9 Å². The van der Waals surface area contributed by atoms with Crippen molar-refractivity contribution in [3.63, 3.8) is 0 Å². The van der Waals surface area contributed by atoms with Crippen molar-refractivity contribution in [2.24, 2.45) is 4.99 Å². The van der Waals surface area contributed by atoms with Crippen molar-refractivity contribution >= 4 is 11.7 Å². The van der Waals surface area contributed by atoms with Gasteiger partial charge in [-0.05, 0) is 26.0 Å². The second-order valence-corrected chi connectivity index (χ2v) is 3.86. The van der Waals surface area contributed by atoms with E-state index in [1.54, 1.807) is 7.11 Å². The van der Waals surface area contributed by atoms with Gasteiger partial charge < -0.3 is 14.8 Å². The largest absolute Gasteiger partial charge is 0.463 e. The highest BCUT2D eigenvalue weighted by Gasteiger charge is 2.02. The molecule has 0 radical (unpaired) electrons. The fourth-order valence-electron chi connectivity index (χ4n) is 1.21. The molecule has 0 spiro atoms. The zero-order valence-corrected chi connectivity index (χ0v) is 10.6. The number of benzene rings is 1. The van der Waals surface area contributed by atoms with Crippen LogP contribution >= 0.6 is 0 Å². The monoisotopic (exact) mass is 236 g/mol. The number of aliphatic imine (C=N–C) groups is 1. The highest BCUT2D eigenvalue weighted by atomic mass is 16.5. The molecule has 0 aliphatic rings. The van der Waals surface area contributed by atoms with Gasteiger partial charge in [-0.2, -0.15) is 0 Å². The highest BCUT2D eigenvalue weighted by Crippen LogP contribution is 2.06. The lowest BCUT2D eigenvalue weighted by atomic mass is 10.3. The Labute approximate surface area is 103 Å². The van der Waals surface area contributed by atoms with Crippen LogP contribution in [0.15, 0.2) is 35.3 Å². The van der Waals surface area contributed by atoms with E-state index in [2.05, 4.69) is 10.3 Å². The van der Waals surface area contributed by atoms with Gasteiger partial charge in [0.15, 0.2) is 0 Å². The van der Waals surface area contributed by atoms with Crippen LogP contribution in [0.4, 0.5) is 5.69 Å². The van der Waals surface area contributed by atoms with E-state index in [1.165, 1.54) is 0 Å². The van der Waals surface area contributed by atoms with Gasteiger partial charge in [-0.3, -0.25) is 0 Å². The molecule has 0 amide bonds. The maximum Gasteiger partial charge on any atom is 0.289 e. The number of para-hydroxylation sites is 1. The average molecular weight is 236 g/mol.